The first-order valence-corrected chi connectivity index (χ1v) is 7.98. The Hall–Kier alpha value is -2.78. The molecule has 23 heavy (non-hydrogen) atoms. The number of aromatic nitrogens is 2. The second-order valence-electron chi connectivity index (χ2n) is 4.58. The molecule has 0 spiro atoms. The summed E-state index contributed by atoms with van der Waals surface area (Å²) >= 11 is 1.43. The minimum Gasteiger partial charge on any atom is -0.493 e. The zero-order chi connectivity index (χ0) is 15.9. The summed E-state index contributed by atoms with van der Waals surface area (Å²) in [6.45, 7) is 0.489. The highest BCUT2D eigenvalue weighted by molar-refractivity contribution is 7.99. The van der Waals surface area contributed by atoms with Crippen LogP contribution in [-0.4, -0.2) is 22.6 Å². The van der Waals surface area contributed by atoms with E-state index in [-0.39, 0.29) is 0 Å². The number of nitriles is 1. The van der Waals surface area contributed by atoms with Crippen LogP contribution in [-0.2, 0) is 0 Å². The fraction of sp³-hybridized carbons (Fsp3) is 0.118. The zero-order valence-corrected chi connectivity index (χ0v) is 13.0. The molecule has 3 rings (SSSR count). The first-order valence-electron chi connectivity index (χ1n) is 7.00. The van der Waals surface area contributed by atoms with Gasteiger partial charge in [0.1, 0.15) is 5.75 Å². The lowest BCUT2D eigenvalue weighted by Crippen LogP contribution is -2.00. The van der Waals surface area contributed by atoms with Gasteiger partial charge in [-0.1, -0.05) is 36.0 Å². The molecule has 2 aromatic carbocycles. The number of ether oxygens (including phenoxy) is 1. The van der Waals surface area contributed by atoms with Crippen LogP contribution in [0, 0.1) is 11.3 Å². The van der Waals surface area contributed by atoms with Crippen molar-refractivity contribution < 1.29 is 9.15 Å². The molecule has 0 bridgehead atoms. The van der Waals surface area contributed by atoms with Gasteiger partial charge in [-0.2, -0.15) is 5.26 Å². The molecular formula is C17H13N3O2S. The second-order valence-corrected chi connectivity index (χ2v) is 5.62. The first kappa shape index (κ1) is 15.1. The third-order valence-electron chi connectivity index (χ3n) is 2.97. The molecule has 1 heterocycles. The predicted octanol–water partition coefficient (Wildman–Crippen LogP) is 3.78. The molecule has 114 valence electrons. The van der Waals surface area contributed by atoms with Crippen LogP contribution in [0.3, 0.4) is 0 Å². The smallest absolute Gasteiger partial charge is 0.276 e. The van der Waals surface area contributed by atoms with E-state index in [0.29, 0.717) is 34.8 Å². The zero-order valence-electron chi connectivity index (χ0n) is 12.2. The van der Waals surface area contributed by atoms with Crippen molar-refractivity contribution in [3.8, 4) is 23.3 Å². The fourth-order valence-corrected chi connectivity index (χ4v) is 2.49. The van der Waals surface area contributed by atoms with Crippen LogP contribution in [0.25, 0.3) is 11.5 Å². The van der Waals surface area contributed by atoms with Crippen LogP contribution < -0.4 is 4.74 Å². The SMILES string of the molecule is N#Cc1cccc(OCCSc2nnc(-c3ccccc3)o2)c1. The second kappa shape index (κ2) is 7.47. The number of thioether (sulfide) groups is 1. The standard InChI is InChI=1S/C17H13N3O2S/c18-12-13-5-4-8-15(11-13)21-9-10-23-17-20-19-16(22-17)14-6-2-1-3-7-14/h1-8,11H,9-10H2. The highest BCUT2D eigenvalue weighted by atomic mass is 32.2. The van der Waals surface area contributed by atoms with E-state index < -0.39 is 0 Å². The maximum Gasteiger partial charge on any atom is 0.276 e. The van der Waals surface area contributed by atoms with Crippen LogP contribution in [0.15, 0.2) is 64.2 Å². The van der Waals surface area contributed by atoms with Crippen molar-refractivity contribution in [3.05, 3.63) is 60.2 Å². The first-order chi connectivity index (χ1) is 11.3. The molecule has 1 aromatic heterocycles. The number of nitrogens with zero attached hydrogens (tertiary/aromatic N) is 3. The van der Waals surface area contributed by atoms with E-state index in [2.05, 4.69) is 16.3 Å². The average molecular weight is 323 g/mol. The predicted molar refractivity (Wildman–Crippen MR) is 87.1 cm³/mol. The van der Waals surface area contributed by atoms with Crippen LogP contribution in [0.2, 0.25) is 0 Å². The van der Waals surface area contributed by atoms with Gasteiger partial charge in [-0.25, -0.2) is 0 Å². The molecular weight excluding hydrogens is 310 g/mol. The van der Waals surface area contributed by atoms with Gasteiger partial charge in [0.15, 0.2) is 0 Å². The summed E-state index contributed by atoms with van der Waals surface area (Å²) < 4.78 is 11.2. The summed E-state index contributed by atoms with van der Waals surface area (Å²) in [6, 6.07) is 18.8. The van der Waals surface area contributed by atoms with Crippen molar-refractivity contribution in [1.29, 1.82) is 5.26 Å². The fourth-order valence-electron chi connectivity index (χ4n) is 1.91. The largest absolute Gasteiger partial charge is 0.493 e. The summed E-state index contributed by atoms with van der Waals surface area (Å²) in [7, 11) is 0. The molecule has 3 aromatic rings. The molecule has 0 aliphatic carbocycles. The lowest BCUT2D eigenvalue weighted by molar-refractivity contribution is 0.343. The molecule has 0 aliphatic heterocycles. The van der Waals surface area contributed by atoms with E-state index in [1.165, 1.54) is 11.8 Å². The summed E-state index contributed by atoms with van der Waals surface area (Å²) in [5, 5.41) is 17.4. The van der Waals surface area contributed by atoms with E-state index >= 15 is 0 Å². The number of benzene rings is 2. The topological polar surface area (TPSA) is 71.9 Å². The van der Waals surface area contributed by atoms with Crippen molar-refractivity contribution in [2.45, 2.75) is 5.22 Å². The molecule has 0 saturated heterocycles. The lowest BCUT2D eigenvalue weighted by atomic mass is 10.2. The van der Waals surface area contributed by atoms with E-state index in [1.807, 2.05) is 36.4 Å². The maximum absolute atomic E-state index is 8.84. The molecule has 0 atom stereocenters. The van der Waals surface area contributed by atoms with Gasteiger partial charge in [0, 0.05) is 11.3 Å². The van der Waals surface area contributed by atoms with Gasteiger partial charge in [-0.15, -0.1) is 10.2 Å². The van der Waals surface area contributed by atoms with Gasteiger partial charge in [-0.3, -0.25) is 0 Å². The highest BCUT2D eigenvalue weighted by Gasteiger charge is 2.08. The minimum atomic E-state index is 0.489. The minimum absolute atomic E-state index is 0.489. The Morgan fingerprint density at radius 3 is 2.78 bits per heavy atom. The van der Waals surface area contributed by atoms with Gasteiger partial charge in [-0.05, 0) is 30.3 Å². The maximum atomic E-state index is 8.84. The quantitative estimate of drug-likeness (QED) is 0.508. The molecule has 0 saturated carbocycles. The Bertz CT molecular complexity index is 812. The van der Waals surface area contributed by atoms with Crippen molar-refractivity contribution in [3.63, 3.8) is 0 Å². The van der Waals surface area contributed by atoms with Crippen molar-refractivity contribution in [2.24, 2.45) is 0 Å². The number of rotatable bonds is 6. The van der Waals surface area contributed by atoms with Crippen LogP contribution in [0.1, 0.15) is 5.56 Å². The van der Waals surface area contributed by atoms with Gasteiger partial charge < -0.3 is 9.15 Å². The van der Waals surface area contributed by atoms with E-state index in [1.54, 1.807) is 18.2 Å². The molecule has 0 fully saturated rings. The van der Waals surface area contributed by atoms with Gasteiger partial charge in [0.2, 0.25) is 5.89 Å². The molecule has 0 amide bonds. The van der Waals surface area contributed by atoms with E-state index in [4.69, 9.17) is 14.4 Å². The highest BCUT2D eigenvalue weighted by Crippen LogP contribution is 2.23. The van der Waals surface area contributed by atoms with Gasteiger partial charge in [0.25, 0.3) is 5.22 Å². The van der Waals surface area contributed by atoms with Gasteiger partial charge >= 0.3 is 0 Å². The monoisotopic (exact) mass is 323 g/mol. The molecule has 0 aliphatic rings. The lowest BCUT2D eigenvalue weighted by Gasteiger charge is -2.04. The van der Waals surface area contributed by atoms with Crippen molar-refractivity contribution in [1.82, 2.24) is 10.2 Å². The van der Waals surface area contributed by atoms with Crippen LogP contribution in [0.5, 0.6) is 5.75 Å². The van der Waals surface area contributed by atoms with Gasteiger partial charge in [0.05, 0.1) is 18.2 Å². The molecule has 6 heteroatoms. The van der Waals surface area contributed by atoms with E-state index in [9.17, 15) is 0 Å². The summed E-state index contributed by atoms with van der Waals surface area (Å²) in [6.07, 6.45) is 0. The Morgan fingerprint density at radius 2 is 1.96 bits per heavy atom. The van der Waals surface area contributed by atoms with Crippen LogP contribution >= 0.6 is 11.8 Å². The number of hydrogen-bond donors (Lipinski definition) is 0. The van der Waals surface area contributed by atoms with Crippen LogP contribution in [0.4, 0.5) is 0 Å². The normalized spacial score (nSPS) is 10.2. The van der Waals surface area contributed by atoms with Crippen molar-refractivity contribution in [2.75, 3.05) is 12.4 Å². The number of hydrogen-bond acceptors (Lipinski definition) is 6. The summed E-state index contributed by atoms with van der Waals surface area (Å²) in [5.41, 5.74) is 1.48. The average Bonchev–Trinajstić information content (AvgIpc) is 3.09. The molecule has 0 radical (unpaired) electrons. The third kappa shape index (κ3) is 4.11. The molecule has 0 unspecified atom stereocenters. The summed E-state index contributed by atoms with van der Waals surface area (Å²) in [5.74, 6) is 1.86. The Kier molecular flexibility index (Phi) is 4.92. The van der Waals surface area contributed by atoms with E-state index in [0.717, 1.165) is 5.56 Å². The Morgan fingerprint density at radius 1 is 1.09 bits per heavy atom. The van der Waals surface area contributed by atoms with Crippen molar-refractivity contribution >= 4 is 11.8 Å². The molecule has 0 N–H and O–H groups in total. The summed E-state index contributed by atoms with van der Waals surface area (Å²) in [4.78, 5) is 0. The Labute approximate surface area is 137 Å². The Balaban J connectivity index is 1.50. The molecule has 5 nitrogen and oxygen atoms in total. The third-order valence-corrected chi connectivity index (χ3v) is 3.75.